The highest BCUT2D eigenvalue weighted by Crippen LogP contribution is 2.32. The summed E-state index contributed by atoms with van der Waals surface area (Å²) in [6, 6.07) is 1.53. The Hall–Kier alpha value is -1.63. The molecule has 0 saturated heterocycles. The number of carbonyl (C=O) groups is 1. The number of halogens is 4. The van der Waals surface area contributed by atoms with Crippen LogP contribution in [0, 0.1) is 5.82 Å². The maximum Gasteiger partial charge on any atom is 0.416 e. The second-order valence-corrected chi connectivity index (χ2v) is 3.22. The van der Waals surface area contributed by atoms with Crippen molar-refractivity contribution in [2.75, 3.05) is 7.11 Å². The van der Waals surface area contributed by atoms with E-state index in [2.05, 4.69) is 4.74 Å². The molecule has 94 valence electrons. The predicted octanol–water partition coefficient (Wildman–Crippen LogP) is 2.62. The average Bonchev–Trinajstić information content (AvgIpc) is 2.15. The summed E-state index contributed by atoms with van der Waals surface area (Å²) in [6.45, 7) is 0. The average molecular weight is 252 g/mol. The molecule has 1 aromatic carbocycles. The minimum atomic E-state index is -4.74. The van der Waals surface area contributed by atoms with E-state index in [0.29, 0.717) is 12.1 Å². The number of carboxylic acid groups (broad SMARTS) is 1. The summed E-state index contributed by atoms with van der Waals surface area (Å²) >= 11 is 0. The van der Waals surface area contributed by atoms with Gasteiger partial charge in [-0.3, -0.25) is 0 Å². The Morgan fingerprint density at radius 2 is 1.94 bits per heavy atom. The fraction of sp³-hybridized carbons (Fsp3) is 0.300. The van der Waals surface area contributed by atoms with Crippen molar-refractivity contribution in [1.29, 1.82) is 0 Å². The van der Waals surface area contributed by atoms with Crippen LogP contribution in [-0.4, -0.2) is 18.2 Å². The second kappa shape index (κ2) is 4.70. The number of benzene rings is 1. The molecule has 1 atom stereocenters. The van der Waals surface area contributed by atoms with Crippen LogP contribution < -0.4 is 0 Å². The van der Waals surface area contributed by atoms with E-state index in [1.807, 2.05) is 0 Å². The van der Waals surface area contributed by atoms with Crippen LogP contribution in [0.4, 0.5) is 17.6 Å². The maximum atomic E-state index is 13.0. The van der Waals surface area contributed by atoms with Gasteiger partial charge in [-0.15, -0.1) is 0 Å². The Morgan fingerprint density at radius 3 is 2.35 bits per heavy atom. The lowest BCUT2D eigenvalue weighted by Gasteiger charge is -2.13. The monoisotopic (exact) mass is 252 g/mol. The molecule has 1 rings (SSSR count). The number of hydrogen-bond acceptors (Lipinski definition) is 2. The van der Waals surface area contributed by atoms with Gasteiger partial charge >= 0.3 is 12.1 Å². The molecule has 0 saturated carbocycles. The number of hydrogen-bond donors (Lipinski definition) is 1. The second-order valence-electron chi connectivity index (χ2n) is 3.22. The minimum Gasteiger partial charge on any atom is -0.479 e. The van der Waals surface area contributed by atoms with Crippen LogP contribution in [0.5, 0.6) is 0 Å². The lowest BCUT2D eigenvalue weighted by atomic mass is 10.1. The van der Waals surface area contributed by atoms with E-state index in [1.165, 1.54) is 0 Å². The first-order valence-electron chi connectivity index (χ1n) is 4.39. The molecule has 17 heavy (non-hydrogen) atoms. The summed E-state index contributed by atoms with van der Waals surface area (Å²) in [4.78, 5) is 10.7. The molecule has 0 aromatic heterocycles. The topological polar surface area (TPSA) is 46.5 Å². The lowest BCUT2D eigenvalue weighted by molar-refractivity contribution is -0.149. The fourth-order valence-corrected chi connectivity index (χ4v) is 1.31. The van der Waals surface area contributed by atoms with Crippen LogP contribution >= 0.6 is 0 Å². The summed E-state index contributed by atoms with van der Waals surface area (Å²) in [5.41, 5.74) is -1.65. The molecule has 0 amide bonds. The van der Waals surface area contributed by atoms with E-state index in [9.17, 15) is 22.4 Å². The number of aliphatic carboxylic acids is 1. The van der Waals surface area contributed by atoms with E-state index in [0.717, 1.165) is 7.11 Å². The van der Waals surface area contributed by atoms with Crippen molar-refractivity contribution in [2.45, 2.75) is 12.3 Å². The van der Waals surface area contributed by atoms with Crippen LogP contribution in [0.3, 0.4) is 0 Å². The Bertz CT molecular complexity index is 428. The van der Waals surface area contributed by atoms with Crippen molar-refractivity contribution < 1.29 is 32.2 Å². The predicted molar refractivity (Wildman–Crippen MR) is 48.8 cm³/mol. The largest absolute Gasteiger partial charge is 0.479 e. The van der Waals surface area contributed by atoms with Crippen molar-refractivity contribution in [3.05, 3.63) is 35.1 Å². The summed E-state index contributed by atoms with van der Waals surface area (Å²) in [7, 11) is 1.01. The molecule has 0 heterocycles. The maximum absolute atomic E-state index is 13.0. The molecule has 0 aliphatic heterocycles. The third-order valence-corrected chi connectivity index (χ3v) is 2.01. The molecule has 3 nitrogen and oxygen atoms in total. The Balaban J connectivity index is 3.26. The van der Waals surface area contributed by atoms with Crippen molar-refractivity contribution in [1.82, 2.24) is 0 Å². The molecule has 1 aromatic rings. The molecule has 0 radical (unpaired) electrons. The van der Waals surface area contributed by atoms with Gasteiger partial charge in [0.2, 0.25) is 0 Å². The molecular formula is C10H8F4O3. The van der Waals surface area contributed by atoms with Gasteiger partial charge in [-0.05, 0) is 23.8 Å². The lowest BCUT2D eigenvalue weighted by Crippen LogP contribution is -2.15. The van der Waals surface area contributed by atoms with Gasteiger partial charge in [0.15, 0.2) is 6.10 Å². The zero-order valence-electron chi connectivity index (χ0n) is 8.58. The Morgan fingerprint density at radius 1 is 1.35 bits per heavy atom. The van der Waals surface area contributed by atoms with E-state index in [4.69, 9.17) is 5.11 Å². The highest BCUT2D eigenvalue weighted by molar-refractivity contribution is 5.74. The van der Waals surface area contributed by atoms with Gasteiger partial charge < -0.3 is 9.84 Å². The van der Waals surface area contributed by atoms with Crippen molar-refractivity contribution in [3.63, 3.8) is 0 Å². The van der Waals surface area contributed by atoms with Gasteiger partial charge in [0, 0.05) is 7.11 Å². The quantitative estimate of drug-likeness (QED) is 0.841. The van der Waals surface area contributed by atoms with Gasteiger partial charge in [0.05, 0.1) is 5.56 Å². The van der Waals surface area contributed by atoms with E-state index in [-0.39, 0.29) is 6.07 Å². The number of ether oxygens (including phenoxy) is 1. The van der Waals surface area contributed by atoms with Crippen molar-refractivity contribution in [3.8, 4) is 0 Å². The fourth-order valence-electron chi connectivity index (χ4n) is 1.31. The minimum absolute atomic E-state index is 0.290. The SMILES string of the molecule is COC(C(=O)O)c1cc(F)cc(C(F)(F)F)c1. The van der Waals surface area contributed by atoms with Gasteiger partial charge in [-0.2, -0.15) is 13.2 Å². The first-order chi connectivity index (χ1) is 7.75. The first kappa shape index (κ1) is 13.4. The molecular weight excluding hydrogens is 244 g/mol. The Labute approximate surface area is 93.6 Å². The molecule has 1 N–H and O–H groups in total. The van der Waals surface area contributed by atoms with Crippen LogP contribution in [-0.2, 0) is 15.7 Å². The number of carboxylic acids is 1. The first-order valence-corrected chi connectivity index (χ1v) is 4.39. The highest BCUT2D eigenvalue weighted by atomic mass is 19.4. The normalized spacial score (nSPS) is 13.5. The van der Waals surface area contributed by atoms with Crippen LogP contribution in [0.2, 0.25) is 0 Å². The van der Waals surface area contributed by atoms with Gasteiger partial charge in [0.25, 0.3) is 0 Å². The molecule has 1 unspecified atom stereocenters. The highest BCUT2D eigenvalue weighted by Gasteiger charge is 2.33. The molecule has 0 fully saturated rings. The van der Waals surface area contributed by atoms with Crippen molar-refractivity contribution in [2.24, 2.45) is 0 Å². The summed E-state index contributed by atoms with van der Waals surface area (Å²) in [5, 5.41) is 8.68. The number of rotatable bonds is 3. The standard InChI is InChI=1S/C10H8F4O3/c1-17-8(9(15)16)5-2-6(10(12,13)14)4-7(11)3-5/h2-4,8H,1H3,(H,15,16). The van der Waals surface area contributed by atoms with E-state index >= 15 is 0 Å². The van der Waals surface area contributed by atoms with Crippen LogP contribution in [0.1, 0.15) is 17.2 Å². The van der Waals surface area contributed by atoms with E-state index < -0.39 is 35.2 Å². The van der Waals surface area contributed by atoms with Gasteiger partial charge in [0.1, 0.15) is 5.82 Å². The third kappa shape index (κ3) is 3.16. The molecule has 7 heteroatoms. The van der Waals surface area contributed by atoms with Crippen LogP contribution in [0.25, 0.3) is 0 Å². The smallest absolute Gasteiger partial charge is 0.416 e. The summed E-state index contributed by atoms with van der Waals surface area (Å²) in [6.07, 6.45) is -6.38. The molecule has 0 aliphatic rings. The summed E-state index contributed by atoms with van der Waals surface area (Å²) < 4.78 is 54.5. The van der Waals surface area contributed by atoms with Crippen LogP contribution in [0.15, 0.2) is 18.2 Å². The Kier molecular flexibility index (Phi) is 3.72. The zero-order valence-corrected chi connectivity index (χ0v) is 8.58. The molecule has 0 bridgehead atoms. The molecule has 0 aliphatic carbocycles. The van der Waals surface area contributed by atoms with Crippen molar-refractivity contribution >= 4 is 5.97 Å². The van der Waals surface area contributed by atoms with Gasteiger partial charge in [-0.1, -0.05) is 0 Å². The van der Waals surface area contributed by atoms with E-state index in [1.54, 1.807) is 0 Å². The molecule has 0 spiro atoms. The zero-order chi connectivity index (χ0) is 13.2. The summed E-state index contributed by atoms with van der Waals surface area (Å²) in [5.74, 6) is -2.66. The van der Waals surface area contributed by atoms with Gasteiger partial charge in [-0.25, -0.2) is 9.18 Å². The number of alkyl halides is 3. The third-order valence-electron chi connectivity index (χ3n) is 2.01. The number of methoxy groups -OCH3 is 1.